The summed E-state index contributed by atoms with van der Waals surface area (Å²) in [6.07, 6.45) is 2.20. The number of nitrogens with one attached hydrogen (secondary N) is 2. The molecule has 2 aromatic heterocycles. The molecule has 0 saturated heterocycles. The number of ether oxygens (including phenoxy) is 1. The van der Waals surface area contributed by atoms with E-state index in [0.29, 0.717) is 46.9 Å². The molecule has 1 aliphatic rings. The topological polar surface area (TPSA) is 97.9 Å². The third-order valence-electron chi connectivity index (χ3n) is 7.52. The first-order valence-corrected chi connectivity index (χ1v) is 13.4. The lowest BCUT2D eigenvalue weighted by Gasteiger charge is -2.13. The van der Waals surface area contributed by atoms with Crippen LogP contribution in [0.25, 0.3) is 21.8 Å². The van der Waals surface area contributed by atoms with E-state index in [2.05, 4.69) is 39.5 Å². The number of aryl methyl sites for hydroxylation is 2. The van der Waals surface area contributed by atoms with Gasteiger partial charge >= 0.3 is 0 Å². The van der Waals surface area contributed by atoms with Gasteiger partial charge in [-0.05, 0) is 75.2 Å². The molecule has 0 bridgehead atoms. The Morgan fingerprint density at radius 2 is 1.75 bits per heavy atom. The minimum Gasteiger partial charge on any atom is -0.497 e. The SMILES string of the molecule is CCn1c2ccccc2c2cc(NC(=O)c3oc4c(c3C)/C(=N/NC(=O)c3ccc(OC)cc3)CCC4)ccc21. The second-order valence-corrected chi connectivity index (χ2v) is 9.88. The van der Waals surface area contributed by atoms with Crippen molar-refractivity contribution in [1.82, 2.24) is 9.99 Å². The van der Waals surface area contributed by atoms with Gasteiger partial charge in [0.2, 0.25) is 0 Å². The molecule has 2 amide bonds. The van der Waals surface area contributed by atoms with Crippen LogP contribution in [0.3, 0.4) is 0 Å². The van der Waals surface area contributed by atoms with Crippen LogP contribution >= 0.6 is 0 Å². The number of hydrazone groups is 1. The molecule has 8 nitrogen and oxygen atoms in total. The Labute approximate surface area is 231 Å². The maximum atomic E-state index is 13.4. The van der Waals surface area contributed by atoms with Crippen molar-refractivity contribution in [2.45, 2.75) is 39.7 Å². The van der Waals surface area contributed by atoms with E-state index in [4.69, 9.17) is 9.15 Å². The number of aromatic nitrogens is 1. The number of rotatable bonds is 6. The number of amides is 2. The number of hydrogen-bond donors (Lipinski definition) is 2. The molecular formula is C32H30N4O4. The highest BCUT2D eigenvalue weighted by atomic mass is 16.5. The minimum absolute atomic E-state index is 0.261. The molecule has 0 radical (unpaired) electrons. The number of furan rings is 1. The van der Waals surface area contributed by atoms with Crippen molar-refractivity contribution in [3.8, 4) is 5.75 Å². The van der Waals surface area contributed by atoms with Gasteiger partial charge in [0.15, 0.2) is 5.76 Å². The van der Waals surface area contributed by atoms with Gasteiger partial charge in [0, 0.05) is 57.1 Å². The Morgan fingerprint density at radius 1 is 0.975 bits per heavy atom. The number of benzene rings is 3. The molecule has 202 valence electrons. The van der Waals surface area contributed by atoms with Gasteiger partial charge in [-0.1, -0.05) is 18.2 Å². The first kappa shape index (κ1) is 25.4. The van der Waals surface area contributed by atoms with Crippen LogP contribution in [0.2, 0.25) is 0 Å². The van der Waals surface area contributed by atoms with E-state index in [9.17, 15) is 9.59 Å². The lowest BCUT2D eigenvalue weighted by Crippen LogP contribution is -2.22. The zero-order valence-electron chi connectivity index (χ0n) is 22.7. The molecule has 0 aliphatic heterocycles. The van der Waals surface area contributed by atoms with Crippen molar-refractivity contribution in [2.75, 3.05) is 12.4 Å². The number of hydrogen-bond acceptors (Lipinski definition) is 5. The van der Waals surface area contributed by atoms with E-state index >= 15 is 0 Å². The molecule has 3 aromatic carbocycles. The van der Waals surface area contributed by atoms with Crippen LogP contribution in [0.4, 0.5) is 5.69 Å². The van der Waals surface area contributed by atoms with Crippen LogP contribution in [-0.2, 0) is 13.0 Å². The molecule has 2 N–H and O–H groups in total. The molecule has 0 fully saturated rings. The molecule has 0 saturated carbocycles. The number of anilines is 1. The van der Waals surface area contributed by atoms with Gasteiger partial charge in [-0.25, -0.2) is 5.43 Å². The lowest BCUT2D eigenvalue weighted by atomic mass is 9.93. The monoisotopic (exact) mass is 534 g/mol. The van der Waals surface area contributed by atoms with E-state index in [1.54, 1.807) is 31.4 Å². The predicted molar refractivity (Wildman–Crippen MR) is 156 cm³/mol. The van der Waals surface area contributed by atoms with Crippen molar-refractivity contribution in [1.29, 1.82) is 0 Å². The highest BCUT2D eigenvalue weighted by molar-refractivity contribution is 6.12. The first-order chi connectivity index (χ1) is 19.5. The number of methoxy groups -OCH3 is 1. The Bertz CT molecular complexity index is 1790. The standard InChI is InChI=1S/C32H30N4O4/c1-4-36-26-10-6-5-8-23(26)24-18-21(14-17-27(24)36)33-32(38)30-19(2)29-25(9-7-11-28(29)40-30)34-35-31(37)20-12-15-22(39-3)16-13-20/h5-6,8,10,12-18H,4,7,9,11H2,1-3H3,(H,33,38)(H,35,37)/b34-25+. The van der Waals surface area contributed by atoms with Gasteiger partial charge in [0.25, 0.3) is 11.8 Å². The van der Waals surface area contributed by atoms with Gasteiger partial charge in [0.1, 0.15) is 11.5 Å². The molecule has 8 heteroatoms. The van der Waals surface area contributed by atoms with Crippen LogP contribution in [0.1, 0.15) is 57.6 Å². The van der Waals surface area contributed by atoms with Gasteiger partial charge in [-0.15, -0.1) is 0 Å². The zero-order valence-corrected chi connectivity index (χ0v) is 22.7. The Hall–Kier alpha value is -4.85. The minimum atomic E-state index is -0.318. The fourth-order valence-electron chi connectivity index (χ4n) is 5.58. The third kappa shape index (κ3) is 4.41. The summed E-state index contributed by atoms with van der Waals surface area (Å²) < 4.78 is 13.5. The summed E-state index contributed by atoms with van der Waals surface area (Å²) >= 11 is 0. The van der Waals surface area contributed by atoms with Gasteiger partial charge in [-0.2, -0.15) is 5.10 Å². The summed E-state index contributed by atoms with van der Waals surface area (Å²) in [6.45, 7) is 4.85. The van der Waals surface area contributed by atoms with Gasteiger partial charge < -0.3 is 19.0 Å². The fraction of sp³-hybridized carbons (Fsp3) is 0.219. The van der Waals surface area contributed by atoms with Crippen LogP contribution in [0, 0.1) is 6.92 Å². The second kappa shape index (κ2) is 10.4. The molecule has 0 spiro atoms. The van der Waals surface area contributed by atoms with Gasteiger partial charge in [0.05, 0.1) is 12.8 Å². The molecule has 6 rings (SSSR count). The smallest absolute Gasteiger partial charge is 0.291 e. The normalized spacial score (nSPS) is 13.9. The highest BCUT2D eigenvalue weighted by Gasteiger charge is 2.28. The van der Waals surface area contributed by atoms with Crippen LogP contribution < -0.4 is 15.5 Å². The largest absolute Gasteiger partial charge is 0.497 e. The fourth-order valence-corrected chi connectivity index (χ4v) is 5.58. The van der Waals surface area contributed by atoms with Crippen LogP contribution in [0.15, 0.2) is 76.2 Å². The highest BCUT2D eigenvalue weighted by Crippen LogP contribution is 2.33. The predicted octanol–water partition coefficient (Wildman–Crippen LogP) is 6.45. The van der Waals surface area contributed by atoms with Gasteiger partial charge in [-0.3, -0.25) is 9.59 Å². The maximum Gasteiger partial charge on any atom is 0.291 e. The van der Waals surface area contributed by atoms with E-state index in [0.717, 1.165) is 34.8 Å². The van der Waals surface area contributed by atoms with Crippen molar-refractivity contribution >= 4 is 45.0 Å². The van der Waals surface area contributed by atoms with E-state index in [1.165, 1.54) is 5.52 Å². The second-order valence-electron chi connectivity index (χ2n) is 9.88. The van der Waals surface area contributed by atoms with Crippen molar-refractivity contribution in [2.24, 2.45) is 5.10 Å². The average Bonchev–Trinajstić information content (AvgIpc) is 3.50. The Morgan fingerprint density at radius 3 is 2.52 bits per heavy atom. The molecule has 1 aliphatic carbocycles. The summed E-state index contributed by atoms with van der Waals surface area (Å²) in [4.78, 5) is 26.0. The quantitative estimate of drug-likeness (QED) is 0.245. The number of fused-ring (bicyclic) bond motifs is 4. The average molecular weight is 535 g/mol. The third-order valence-corrected chi connectivity index (χ3v) is 7.52. The molecule has 0 atom stereocenters. The Balaban J connectivity index is 1.25. The molecule has 0 unspecified atom stereocenters. The van der Waals surface area contributed by atoms with Crippen molar-refractivity contribution in [3.05, 3.63) is 94.9 Å². The molecule has 5 aromatic rings. The van der Waals surface area contributed by atoms with Crippen molar-refractivity contribution in [3.63, 3.8) is 0 Å². The van der Waals surface area contributed by atoms with Crippen LogP contribution in [-0.4, -0.2) is 29.2 Å². The summed E-state index contributed by atoms with van der Waals surface area (Å²) in [7, 11) is 1.58. The molecule has 2 heterocycles. The number of carbonyl (C=O) groups excluding carboxylic acids is 2. The summed E-state index contributed by atoms with van der Waals surface area (Å²) in [5, 5.41) is 9.69. The van der Waals surface area contributed by atoms with E-state index in [-0.39, 0.29) is 17.6 Å². The lowest BCUT2D eigenvalue weighted by molar-refractivity contribution is 0.0953. The number of nitrogens with zero attached hydrogens (tertiary/aromatic N) is 2. The number of carbonyl (C=O) groups is 2. The Kier molecular flexibility index (Phi) is 6.59. The van der Waals surface area contributed by atoms with E-state index < -0.39 is 0 Å². The summed E-state index contributed by atoms with van der Waals surface area (Å²) in [6, 6.07) is 21.1. The summed E-state index contributed by atoms with van der Waals surface area (Å²) in [5.74, 6) is 1.02. The first-order valence-electron chi connectivity index (χ1n) is 13.4. The molecular weight excluding hydrogens is 504 g/mol. The van der Waals surface area contributed by atoms with Crippen molar-refractivity contribution < 1.29 is 18.7 Å². The maximum absolute atomic E-state index is 13.4. The van der Waals surface area contributed by atoms with E-state index in [1.807, 2.05) is 37.3 Å². The number of para-hydroxylation sites is 1. The molecule has 40 heavy (non-hydrogen) atoms. The van der Waals surface area contributed by atoms with Crippen LogP contribution in [0.5, 0.6) is 5.75 Å². The summed E-state index contributed by atoms with van der Waals surface area (Å²) in [5.41, 5.74) is 8.35. The zero-order chi connectivity index (χ0) is 27.8.